The fourth-order valence-electron chi connectivity index (χ4n) is 3.08. The number of carbonyl (C=O) groups excluding carboxylic acids is 1. The minimum Gasteiger partial charge on any atom is -0.325 e. The van der Waals surface area contributed by atoms with Crippen LogP contribution in [-0.4, -0.2) is 44.7 Å². The molecule has 23 heavy (non-hydrogen) atoms. The summed E-state index contributed by atoms with van der Waals surface area (Å²) in [5.74, 6) is 0.0275. The molecule has 1 saturated heterocycles. The molecule has 1 aliphatic rings. The lowest BCUT2D eigenvalue weighted by atomic mass is 10.0. The quantitative estimate of drug-likeness (QED) is 0.918. The van der Waals surface area contributed by atoms with Crippen LogP contribution in [0.5, 0.6) is 0 Å². The largest absolute Gasteiger partial charge is 0.325 e. The summed E-state index contributed by atoms with van der Waals surface area (Å²) in [5, 5.41) is 7.31. The van der Waals surface area contributed by atoms with E-state index in [-0.39, 0.29) is 5.91 Å². The van der Waals surface area contributed by atoms with Gasteiger partial charge < -0.3 is 5.32 Å². The molecule has 3 rings (SSSR count). The average molecular weight is 313 g/mol. The summed E-state index contributed by atoms with van der Waals surface area (Å²) in [6, 6.07) is 3.97. The van der Waals surface area contributed by atoms with Crippen LogP contribution >= 0.6 is 0 Å². The van der Waals surface area contributed by atoms with Crippen LogP contribution in [0.15, 0.2) is 36.9 Å². The van der Waals surface area contributed by atoms with Crippen LogP contribution in [0.25, 0.3) is 0 Å². The zero-order chi connectivity index (χ0) is 16.1. The Labute approximate surface area is 136 Å². The molecule has 1 aliphatic heterocycles. The van der Waals surface area contributed by atoms with E-state index in [1.165, 1.54) is 12.0 Å². The van der Waals surface area contributed by atoms with E-state index in [1.807, 2.05) is 17.8 Å². The Kier molecular flexibility index (Phi) is 5.02. The second-order valence-corrected chi connectivity index (χ2v) is 6.14. The van der Waals surface area contributed by atoms with Crippen molar-refractivity contribution in [1.29, 1.82) is 0 Å². The summed E-state index contributed by atoms with van der Waals surface area (Å²) in [7, 11) is 0. The molecule has 3 heterocycles. The van der Waals surface area contributed by atoms with Crippen LogP contribution < -0.4 is 5.32 Å². The van der Waals surface area contributed by atoms with E-state index >= 15 is 0 Å². The number of aryl methyl sites for hydroxylation is 1. The lowest BCUT2D eigenvalue weighted by Gasteiger charge is -2.35. The van der Waals surface area contributed by atoms with Crippen molar-refractivity contribution >= 4 is 11.6 Å². The number of amides is 1. The van der Waals surface area contributed by atoms with E-state index in [4.69, 9.17) is 0 Å². The molecular formula is C17H23N5O. The van der Waals surface area contributed by atoms with Gasteiger partial charge in [0.2, 0.25) is 5.91 Å². The summed E-state index contributed by atoms with van der Waals surface area (Å²) in [4.78, 5) is 18.5. The molecule has 6 heteroatoms. The molecule has 0 radical (unpaired) electrons. The topological polar surface area (TPSA) is 63.1 Å². The lowest BCUT2D eigenvalue weighted by molar-refractivity contribution is -0.118. The highest BCUT2D eigenvalue weighted by Gasteiger charge is 2.24. The van der Waals surface area contributed by atoms with E-state index in [9.17, 15) is 4.79 Å². The molecule has 1 N–H and O–H groups in total. The first-order valence-electron chi connectivity index (χ1n) is 8.14. The number of nitrogens with one attached hydrogen (secondary N) is 1. The standard InChI is InChI=1S/C17H23N5O/c1-14-10-19-22(11-14)12-16-4-2-3-9-21(16)13-17(23)20-15-5-7-18-8-6-15/h5-8,10-11,16H,2-4,9,12-13H2,1H3,(H,18,20,23)/t16-/m0/s1. The van der Waals surface area contributed by atoms with E-state index in [0.29, 0.717) is 12.6 Å². The van der Waals surface area contributed by atoms with Gasteiger partial charge in [-0.05, 0) is 44.0 Å². The minimum absolute atomic E-state index is 0.0275. The minimum atomic E-state index is 0.0275. The smallest absolute Gasteiger partial charge is 0.238 e. The van der Waals surface area contributed by atoms with Crippen LogP contribution in [0.2, 0.25) is 0 Å². The fraction of sp³-hybridized carbons (Fsp3) is 0.471. The highest BCUT2D eigenvalue weighted by molar-refractivity contribution is 5.92. The number of piperidine rings is 1. The van der Waals surface area contributed by atoms with Crippen LogP contribution in [0.1, 0.15) is 24.8 Å². The third-order valence-electron chi connectivity index (χ3n) is 4.22. The zero-order valence-electron chi connectivity index (χ0n) is 13.5. The van der Waals surface area contributed by atoms with Gasteiger partial charge in [0, 0.05) is 30.3 Å². The average Bonchev–Trinajstić information content (AvgIpc) is 2.95. The summed E-state index contributed by atoms with van der Waals surface area (Å²) < 4.78 is 1.99. The van der Waals surface area contributed by atoms with E-state index < -0.39 is 0 Å². The number of pyridine rings is 1. The second kappa shape index (κ2) is 7.37. The normalized spacial score (nSPS) is 18.7. The number of carbonyl (C=O) groups is 1. The Morgan fingerprint density at radius 2 is 2.17 bits per heavy atom. The molecule has 0 bridgehead atoms. The molecular weight excluding hydrogens is 290 g/mol. The number of rotatable bonds is 5. The molecule has 122 valence electrons. The van der Waals surface area contributed by atoms with Gasteiger partial charge in [0.05, 0.1) is 19.3 Å². The molecule has 0 unspecified atom stereocenters. The number of hydrogen-bond acceptors (Lipinski definition) is 4. The Morgan fingerprint density at radius 1 is 1.35 bits per heavy atom. The molecule has 0 aliphatic carbocycles. The van der Waals surface area contributed by atoms with E-state index in [1.54, 1.807) is 24.5 Å². The molecule has 0 saturated carbocycles. The fourth-order valence-corrected chi connectivity index (χ4v) is 3.08. The van der Waals surface area contributed by atoms with Gasteiger partial charge in [0.25, 0.3) is 0 Å². The first kappa shape index (κ1) is 15.7. The molecule has 0 spiro atoms. The first-order chi connectivity index (χ1) is 11.2. The van der Waals surface area contributed by atoms with Crippen molar-refractivity contribution in [3.05, 3.63) is 42.5 Å². The maximum atomic E-state index is 12.3. The predicted octanol–water partition coefficient (Wildman–Crippen LogP) is 2.08. The van der Waals surface area contributed by atoms with Crippen molar-refractivity contribution in [3.63, 3.8) is 0 Å². The molecule has 1 amide bonds. The number of aromatic nitrogens is 3. The third-order valence-corrected chi connectivity index (χ3v) is 4.22. The summed E-state index contributed by atoms with van der Waals surface area (Å²) in [5.41, 5.74) is 1.96. The Morgan fingerprint density at radius 3 is 2.91 bits per heavy atom. The van der Waals surface area contributed by atoms with Crippen molar-refractivity contribution < 1.29 is 4.79 Å². The Balaban J connectivity index is 1.58. The second-order valence-electron chi connectivity index (χ2n) is 6.14. The maximum absolute atomic E-state index is 12.3. The monoisotopic (exact) mass is 313 g/mol. The molecule has 1 fully saturated rings. The number of likely N-dealkylation sites (tertiary alicyclic amines) is 1. The molecule has 2 aromatic rings. The van der Waals surface area contributed by atoms with Crippen molar-refractivity contribution in [3.8, 4) is 0 Å². The van der Waals surface area contributed by atoms with Crippen molar-refractivity contribution in [1.82, 2.24) is 19.7 Å². The van der Waals surface area contributed by atoms with Gasteiger partial charge in [-0.3, -0.25) is 19.4 Å². The van der Waals surface area contributed by atoms with Crippen molar-refractivity contribution in [2.75, 3.05) is 18.4 Å². The molecule has 0 aromatic carbocycles. The predicted molar refractivity (Wildman–Crippen MR) is 89.0 cm³/mol. The van der Waals surface area contributed by atoms with Gasteiger partial charge in [0.15, 0.2) is 0 Å². The van der Waals surface area contributed by atoms with E-state index in [2.05, 4.69) is 26.5 Å². The van der Waals surface area contributed by atoms with Crippen molar-refractivity contribution in [2.45, 2.75) is 38.8 Å². The summed E-state index contributed by atoms with van der Waals surface area (Å²) in [6.07, 6.45) is 10.8. The highest BCUT2D eigenvalue weighted by Crippen LogP contribution is 2.18. The third kappa shape index (κ3) is 4.39. The zero-order valence-corrected chi connectivity index (χ0v) is 13.5. The number of hydrogen-bond donors (Lipinski definition) is 1. The van der Waals surface area contributed by atoms with Gasteiger partial charge in [-0.1, -0.05) is 6.42 Å². The maximum Gasteiger partial charge on any atom is 0.238 e. The van der Waals surface area contributed by atoms with E-state index in [0.717, 1.165) is 31.6 Å². The molecule has 1 atom stereocenters. The summed E-state index contributed by atoms with van der Waals surface area (Å²) in [6.45, 7) is 4.28. The SMILES string of the molecule is Cc1cnn(C[C@@H]2CCCCN2CC(=O)Nc2ccncc2)c1. The van der Waals surface area contributed by atoms with Gasteiger partial charge in [0.1, 0.15) is 0 Å². The van der Waals surface area contributed by atoms with Gasteiger partial charge in [-0.2, -0.15) is 5.10 Å². The Bertz CT molecular complexity index is 639. The first-order valence-corrected chi connectivity index (χ1v) is 8.14. The molecule has 2 aromatic heterocycles. The van der Waals surface area contributed by atoms with Crippen LogP contribution in [-0.2, 0) is 11.3 Å². The van der Waals surface area contributed by atoms with Crippen LogP contribution in [0, 0.1) is 6.92 Å². The van der Waals surface area contributed by atoms with Gasteiger partial charge in [-0.25, -0.2) is 0 Å². The Hall–Kier alpha value is -2.21. The van der Waals surface area contributed by atoms with Gasteiger partial charge >= 0.3 is 0 Å². The number of anilines is 1. The molecule has 6 nitrogen and oxygen atoms in total. The number of nitrogens with zero attached hydrogens (tertiary/aromatic N) is 4. The summed E-state index contributed by atoms with van der Waals surface area (Å²) >= 11 is 0. The van der Waals surface area contributed by atoms with Crippen LogP contribution in [0.3, 0.4) is 0 Å². The van der Waals surface area contributed by atoms with Gasteiger partial charge in [-0.15, -0.1) is 0 Å². The lowest BCUT2D eigenvalue weighted by Crippen LogP contribution is -2.46. The highest BCUT2D eigenvalue weighted by atomic mass is 16.2. The van der Waals surface area contributed by atoms with Crippen molar-refractivity contribution in [2.24, 2.45) is 0 Å². The van der Waals surface area contributed by atoms with Crippen LogP contribution in [0.4, 0.5) is 5.69 Å².